The standard InChI is InChI=1S/C10H13ClO4S/c1-14-9-5-3-4-8(6-9)10(15-2)7-16(11,12)13/h3-6,10H,7H2,1-2H3. The fraction of sp³-hybridized carbons (Fsp3) is 0.400. The van der Waals surface area contributed by atoms with Crippen LogP contribution in [0.4, 0.5) is 0 Å². The van der Waals surface area contributed by atoms with Crippen LogP contribution < -0.4 is 4.74 Å². The summed E-state index contributed by atoms with van der Waals surface area (Å²) in [4.78, 5) is 0. The Bertz CT molecular complexity index is 444. The Balaban J connectivity index is 2.94. The summed E-state index contributed by atoms with van der Waals surface area (Å²) in [6, 6.07) is 7.02. The Morgan fingerprint density at radius 2 is 2.06 bits per heavy atom. The Morgan fingerprint density at radius 3 is 2.56 bits per heavy atom. The largest absolute Gasteiger partial charge is 0.497 e. The van der Waals surface area contributed by atoms with E-state index in [1.807, 2.05) is 0 Å². The van der Waals surface area contributed by atoms with E-state index in [2.05, 4.69) is 0 Å². The average molecular weight is 265 g/mol. The minimum absolute atomic E-state index is 0.266. The number of hydrogen-bond acceptors (Lipinski definition) is 4. The van der Waals surface area contributed by atoms with Gasteiger partial charge in [0.2, 0.25) is 9.05 Å². The molecule has 0 aromatic heterocycles. The fourth-order valence-electron chi connectivity index (χ4n) is 1.32. The van der Waals surface area contributed by atoms with Gasteiger partial charge in [0.1, 0.15) is 5.75 Å². The van der Waals surface area contributed by atoms with Crippen molar-refractivity contribution < 1.29 is 17.9 Å². The molecule has 0 aliphatic carbocycles. The highest BCUT2D eigenvalue weighted by Gasteiger charge is 2.18. The van der Waals surface area contributed by atoms with Gasteiger partial charge in [0.25, 0.3) is 0 Å². The van der Waals surface area contributed by atoms with E-state index in [9.17, 15) is 8.42 Å². The van der Waals surface area contributed by atoms with E-state index in [1.54, 1.807) is 31.4 Å². The molecule has 0 heterocycles. The van der Waals surface area contributed by atoms with Crippen LogP contribution in [0.25, 0.3) is 0 Å². The summed E-state index contributed by atoms with van der Waals surface area (Å²) in [5, 5.41) is 0. The predicted molar refractivity (Wildman–Crippen MR) is 62.4 cm³/mol. The molecule has 0 saturated heterocycles. The summed E-state index contributed by atoms with van der Waals surface area (Å²) in [6.07, 6.45) is -0.586. The fourth-order valence-corrected chi connectivity index (χ4v) is 2.36. The van der Waals surface area contributed by atoms with Gasteiger partial charge < -0.3 is 9.47 Å². The van der Waals surface area contributed by atoms with Gasteiger partial charge in [0.15, 0.2) is 0 Å². The summed E-state index contributed by atoms with van der Waals surface area (Å²) >= 11 is 0. The molecule has 1 rings (SSSR count). The van der Waals surface area contributed by atoms with Gasteiger partial charge in [-0.3, -0.25) is 0 Å². The van der Waals surface area contributed by atoms with E-state index in [4.69, 9.17) is 20.2 Å². The minimum atomic E-state index is -3.60. The molecule has 16 heavy (non-hydrogen) atoms. The number of methoxy groups -OCH3 is 2. The molecule has 0 fully saturated rings. The van der Waals surface area contributed by atoms with Gasteiger partial charge in [0, 0.05) is 17.8 Å². The van der Waals surface area contributed by atoms with Crippen LogP contribution in [0.5, 0.6) is 5.75 Å². The lowest BCUT2D eigenvalue weighted by Crippen LogP contribution is -2.12. The van der Waals surface area contributed by atoms with E-state index in [1.165, 1.54) is 7.11 Å². The zero-order chi connectivity index (χ0) is 12.2. The first kappa shape index (κ1) is 13.3. The lowest BCUT2D eigenvalue weighted by Gasteiger charge is -2.14. The van der Waals surface area contributed by atoms with E-state index in [-0.39, 0.29) is 5.75 Å². The van der Waals surface area contributed by atoms with E-state index in [0.29, 0.717) is 11.3 Å². The van der Waals surface area contributed by atoms with E-state index >= 15 is 0 Å². The Labute approximate surface area is 99.6 Å². The number of benzene rings is 1. The third kappa shape index (κ3) is 4.00. The molecule has 90 valence electrons. The van der Waals surface area contributed by atoms with Crippen LogP contribution in [0.3, 0.4) is 0 Å². The molecule has 0 amide bonds. The molecule has 0 N–H and O–H groups in total. The number of rotatable bonds is 5. The normalized spacial score (nSPS) is 13.4. The molecule has 0 aliphatic rings. The zero-order valence-electron chi connectivity index (χ0n) is 9.01. The molecule has 1 atom stereocenters. The summed E-state index contributed by atoms with van der Waals surface area (Å²) in [5.41, 5.74) is 0.714. The molecular weight excluding hydrogens is 252 g/mol. The lowest BCUT2D eigenvalue weighted by atomic mass is 10.1. The Morgan fingerprint density at radius 1 is 1.38 bits per heavy atom. The third-order valence-corrected chi connectivity index (χ3v) is 3.18. The second-order valence-corrected chi connectivity index (χ2v) is 6.03. The zero-order valence-corrected chi connectivity index (χ0v) is 10.6. The van der Waals surface area contributed by atoms with Crippen LogP contribution in [0.15, 0.2) is 24.3 Å². The highest BCUT2D eigenvalue weighted by molar-refractivity contribution is 8.13. The molecule has 0 bridgehead atoms. The number of ether oxygens (including phenoxy) is 2. The number of halogens is 1. The summed E-state index contributed by atoms with van der Waals surface area (Å²) in [6.45, 7) is 0. The highest BCUT2D eigenvalue weighted by atomic mass is 35.7. The molecule has 4 nitrogen and oxygen atoms in total. The third-order valence-electron chi connectivity index (χ3n) is 2.10. The minimum Gasteiger partial charge on any atom is -0.497 e. The van der Waals surface area contributed by atoms with Crippen LogP contribution in [-0.2, 0) is 13.8 Å². The molecule has 1 aromatic carbocycles. The summed E-state index contributed by atoms with van der Waals surface area (Å²) in [5.74, 6) is 0.379. The van der Waals surface area contributed by atoms with Crippen molar-refractivity contribution in [2.75, 3.05) is 20.0 Å². The highest BCUT2D eigenvalue weighted by Crippen LogP contribution is 2.23. The maximum atomic E-state index is 11.0. The van der Waals surface area contributed by atoms with Crippen molar-refractivity contribution in [3.63, 3.8) is 0 Å². The quantitative estimate of drug-likeness (QED) is 0.763. The van der Waals surface area contributed by atoms with E-state index in [0.717, 1.165) is 0 Å². The summed E-state index contributed by atoms with van der Waals surface area (Å²) < 4.78 is 32.1. The smallest absolute Gasteiger partial charge is 0.235 e. The van der Waals surface area contributed by atoms with Crippen LogP contribution in [0.1, 0.15) is 11.7 Å². The van der Waals surface area contributed by atoms with Crippen LogP contribution in [0, 0.1) is 0 Å². The predicted octanol–water partition coefficient (Wildman–Crippen LogP) is 1.95. The van der Waals surface area contributed by atoms with Crippen LogP contribution in [0.2, 0.25) is 0 Å². The molecule has 1 unspecified atom stereocenters. The molecule has 0 spiro atoms. The Hall–Kier alpha value is -0.780. The first-order valence-electron chi connectivity index (χ1n) is 4.55. The van der Waals surface area contributed by atoms with Gasteiger partial charge in [-0.1, -0.05) is 12.1 Å². The van der Waals surface area contributed by atoms with Gasteiger partial charge in [-0.15, -0.1) is 0 Å². The monoisotopic (exact) mass is 264 g/mol. The lowest BCUT2D eigenvalue weighted by molar-refractivity contribution is 0.122. The second kappa shape index (κ2) is 5.52. The first-order chi connectivity index (χ1) is 7.46. The molecule has 0 radical (unpaired) electrons. The van der Waals surface area contributed by atoms with Gasteiger partial charge in [-0.05, 0) is 17.7 Å². The molecule has 0 aliphatic heterocycles. The first-order valence-corrected chi connectivity index (χ1v) is 7.03. The summed E-state index contributed by atoms with van der Waals surface area (Å²) in [7, 11) is 4.57. The topological polar surface area (TPSA) is 52.6 Å². The van der Waals surface area contributed by atoms with E-state index < -0.39 is 15.2 Å². The maximum absolute atomic E-state index is 11.0. The van der Waals surface area contributed by atoms with Gasteiger partial charge in [0.05, 0.1) is 19.0 Å². The van der Waals surface area contributed by atoms with Crippen LogP contribution in [-0.4, -0.2) is 28.4 Å². The van der Waals surface area contributed by atoms with Crippen molar-refractivity contribution in [1.82, 2.24) is 0 Å². The molecule has 6 heteroatoms. The van der Waals surface area contributed by atoms with Gasteiger partial charge >= 0.3 is 0 Å². The maximum Gasteiger partial charge on any atom is 0.235 e. The molecule has 0 saturated carbocycles. The van der Waals surface area contributed by atoms with Gasteiger partial charge in [-0.2, -0.15) is 0 Å². The SMILES string of the molecule is COc1cccc(C(CS(=O)(=O)Cl)OC)c1. The van der Waals surface area contributed by atoms with Gasteiger partial charge in [-0.25, -0.2) is 8.42 Å². The second-order valence-electron chi connectivity index (χ2n) is 3.21. The average Bonchev–Trinajstić information content (AvgIpc) is 2.25. The van der Waals surface area contributed by atoms with Crippen molar-refractivity contribution in [2.45, 2.75) is 6.10 Å². The molecular formula is C10H13ClO4S. The molecule has 1 aromatic rings. The number of hydrogen-bond donors (Lipinski definition) is 0. The van der Waals surface area contributed by atoms with Crippen molar-refractivity contribution in [3.8, 4) is 5.75 Å². The van der Waals surface area contributed by atoms with Crippen molar-refractivity contribution in [1.29, 1.82) is 0 Å². The Kier molecular flexibility index (Phi) is 4.58. The van der Waals surface area contributed by atoms with Crippen molar-refractivity contribution in [2.24, 2.45) is 0 Å². The van der Waals surface area contributed by atoms with Crippen LogP contribution >= 0.6 is 10.7 Å². The van der Waals surface area contributed by atoms with Crippen molar-refractivity contribution in [3.05, 3.63) is 29.8 Å². The van der Waals surface area contributed by atoms with Crippen molar-refractivity contribution >= 4 is 19.7 Å².